The highest BCUT2D eigenvalue weighted by Crippen LogP contribution is 2.20. The van der Waals surface area contributed by atoms with Gasteiger partial charge in [0.1, 0.15) is 0 Å². The third-order valence-corrected chi connectivity index (χ3v) is 3.03. The molecule has 1 aromatic carbocycles. The van der Waals surface area contributed by atoms with Crippen LogP contribution >= 0.6 is 15.9 Å². The molecule has 1 rings (SSSR count). The fourth-order valence-corrected chi connectivity index (χ4v) is 1.57. The van der Waals surface area contributed by atoms with E-state index < -0.39 is 24.3 Å². The molecule has 0 aromatic heterocycles. The zero-order chi connectivity index (χ0) is 13.0. The lowest BCUT2D eigenvalue weighted by atomic mass is 10.2. The van der Waals surface area contributed by atoms with E-state index >= 15 is 0 Å². The molecule has 0 radical (unpaired) electrons. The molecule has 5 nitrogen and oxygen atoms in total. The average Bonchev–Trinajstić information content (AvgIpc) is 2.22. The Kier molecular flexibility index (Phi) is 4.65. The lowest BCUT2D eigenvalue weighted by Crippen LogP contribution is -2.37. The Morgan fingerprint density at radius 1 is 1.53 bits per heavy atom. The molecular weight excluding hydrogens is 288 g/mol. The van der Waals surface area contributed by atoms with Gasteiger partial charge in [0.2, 0.25) is 5.91 Å². The van der Waals surface area contributed by atoms with Crippen molar-refractivity contribution in [3.05, 3.63) is 28.2 Å². The third-order valence-electron chi connectivity index (χ3n) is 2.17. The van der Waals surface area contributed by atoms with Crippen molar-refractivity contribution in [2.45, 2.75) is 19.4 Å². The second-order valence-corrected chi connectivity index (χ2v) is 4.51. The minimum atomic E-state index is -1.10. The first kappa shape index (κ1) is 13.7. The summed E-state index contributed by atoms with van der Waals surface area (Å²) in [4.78, 5) is 21.9. The van der Waals surface area contributed by atoms with E-state index in [0.717, 1.165) is 10.0 Å². The number of anilines is 1. The second kappa shape index (κ2) is 5.79. The first-order valence-electron chi connectivity index (χ1n) is 4.94. The summed E-state index contributed by atoms with van der Waals surface area (Å²) in [5, 5.41) is 11.1. The zero-order valence-corrected chi connectivity index (χ0v) is 10.8. The Morgan fingerprint density at radius 3 is 2.71 bits per heavy atom. The number of rotatable bonds is 4. The number of carboxylic acids is 1. The lowest BCUT2D eigenvalue weighted by Gasteiger charge is -2.11. The van der Waals surface area contributed by atoms with Crippen molar-refractivity contribution in [1.82, 2.24) is 0 Å². The molecule has 0 aliphatic rings. The Morgan fingerprint density at radius 2 is 2.18 bits per heavy atom. The second-order valence-electron chi connectivity index (χ2n) is 3.66. The number of hydrogen-bond acceptors (Lipinski definition) is 3. The van der Waals surface area contributed by atoms with Gasteiger partial charge in [0.15, 0.2) is 0 Å². The molecule has 1 amide bonds. The number of carboxylic acid groups (broad SMARTS) is 1. The van der Waals surface area contributed by atoms with Crippen LogP contribution in [-0.4, -0.2) is 23.0 Å². The molecule has 1 aromatic rings. The third kappa shape index (κ3) is 4.16. The highest BCUT2D eigenvalue weighted by Gasteiger charge is 2.17. The number of halogens is 1. The van der Waals surface area contributed by atoms with E-state index in [4.69, 9.17) is 10.8 Å². The van der Waals surface area contributed by atoms with Crippen LogP contribution in [0.2, 0.25) is 0 Å². The van der Waals surface area contributed by atoms with Crippen molar-refractivity contribution >= 4 is 33.5 Å². The number of nitrogens with one attached hydrogen (secondary N) is 1. The molecule has 0 heterocycles. The van der Waals surface area contributed by atoms with Crippen LogP contribution in [0.4, 0.5) is 5.69 Å². The summed E-state index contributed by atoms with van der Waals surface area (Å²) in [5.41, 5.74) is 7.05. The Hall–Kier alpha value is -1.40. The van der Waals surface area contributed by atoms with Gasteiger partial charge in [-0.3, -0.25) is 9.59 Å². The van der Waals surface area contributed by atoms with Crippen molar-refractivity contribution in [2.75, 3.05) is 5.32 Å². The number of amides is 1. The molecular formula is C11H13BrN2O3. The van der Waals surface area contributed by atoms with Crippen molar-refractivity contribution in [1.29, 1.82) is 0 Å². The standard InChI is InChI=1S/C11H13BrN2O3/c1-6-2-3-7(4-8(6)12)14-11(17)9(13)5-10(15)16/h2-4,9H,5,13H2,1H3,(H,14,17)(H,15,16). The zero-order valence-electron chi connectivity index (χ0n) is 9.24. The van der Waals surface area contributed by atoms with E-state index in [1.807, 2.05) is 13.0 Å². The minimum absolute atomic E-state index is 0.390. The van der Waals surface area contributed by atoms with Crippen LogP contribution in [-0.2, 0) is 9.59 Å². The average molecular weight is 301 g/mol. The highest BCUT2D eigenvalue weighted by molar-refractivity contribution is 9.10. The maximum atomic E-state index is 11.5. The minimum Gasteiger partial charge on any atom is -0.481 e. The maximum Gasteiger partial charge on any atom is 0.305 e. The molecule has 0 aliphatic carbocycles. The first-order valence-corrected chi connectivity index (χ1v) is 5.74. The van der Waals surface area contributed by atoms with Crippen LogP contribution in [0.3, 0.4) is 0 Å². The summed E-state index contributed by atoms with van der Waals surface area (Å²) in [7, 11) is 0. The fourth-order valence-electron chi connectivity index (χ4n) is 1.19. The van der Waals surface area contributed by atoms with Gasteiger partial charge in [0, 0.05) is 10.2 Å². The quantitative estimate of drug-likeness (QED) is 0.785. The van der Waals surface area contributed by atoms with Crippen LogP contribution in [0, 0.1) is 6.92 Å². The number of hydrogen-bond donors (Lipinski definition) is 3. The number of carbonyl (C=O) groups excluding carboxylic acids is 1. The topological polar surface area (TPSA) is 92.4 Å². The van der Waals surface area contributed by atoms with Crippen molar-refractivity contribution in [2.24, 2.45) is 5.73 Å². The summed E-state index contributed by atoms with van der Waals surface area (Å²) in [6.45, 7) is 1.92. The van der Waals surface area contributed by atoms with Gasteiger partial charge in [-0.15, -0.1) is 0 Å². The van der Waals surface area contributed by atoms with Gasteiger partial charge in [-0.1, -0.05) is 22.0 Å². The molecule has 92 valence electrons. The van der Waals surface area contributed by atoms with Gasteiger partial charge < -0.3 is 16.2 Å². The largest absolute Gasteiger partial charge is 0.481 e. The summed E-state index contributed by atoms with van der Waals surface area (Å²) in [5.74, 6) is -1.61. The Balaban J connectivity index is 2.67. The SMILES string of the molecule is Cc1ccc(NC(=O)C(N)CC(=O)O)cc1Br. The molecule has 0 saturated heterocycles. The van der Waals surface area contributed by atoms with E-state index in [1.54, 1.807) is 12.1 Å². The molecule has 0 spiro atoms. The molecule has 6 heteroatoms. The van der Waals surface area contributed by atoms with Gasteiger partial charge >= 0.3 is 5.97 Å². The molecule has 0 aliphatic heterocycles. The van der Waals surface area contributed by atoms with Crippen LogP contribution in [0.25, 0.3) is 0 Å². The van der Waals surface area contributed by atoms with Gasteiger partial charge in [-0.25, -0.2) is 0 Å². The molecule has 0 saturated carbocycles. The molecule has 0 bridgehead atoms. The molecule has 1 unspecified atom stereocenters. The fraction of sp³-hybridized carbons (Fsp3) is 0.273. The molecule has 1 atom stereocenters. The number of carbonyl (C=O) groups is 2. The normalized spacial score (nSPS) is 11.9. The monoisotopic (exact) mass is 300 g/mol. The number of aryl methyl sites for hydroxylation is 1. The van der Waals surface area contributed by atoms with E-state index in [-0.39, 0.29) is 0 Å². The van der Waals surface area contributed by atoms with E-state index in [9.17, 15) is 9.59 Å². The number of nitrogens with two attached hydrogens (primary N) is 1. The predicted molar refractivity (Wildman–Crippen MR) is 67.7 cm³/mol. The number of aliphatic carboxylic acids is 1. The Labute approximate surface area is 107 Å². The van der Waals surface area contributed by atoms with E-state index in [2.05, 4.69) is 21.2 Å². The highest BCUT2D eigenvalue weighted by atomic mass is 79.9. The molecule has 4 N–H and O–H groups in total. The lowest BCUT2D eigenvalue weighted by molar-refractivity contribution is -0.138. The van der Waals surface area contributed by atoms with Gasteiger partial charge in [-0.05, 0) is 24.6 Å². The smallest absolute Gasteiger partial charge is 0.305 e. The first-order chi connectivity index (χ1) is 7.90. The Bertz CT molecular complexity index is 448. The van der Waals surface area contributed by atoms with Crippen molar-refractivity contribution in [3.8, 4) is 0 Å². The van der Waals surface area contributed by atoms with Gasteiger partial charge in [0.05, 0.1) is 12.5 Å². The van der Waals surface area contributed by atoms with Gasteiger partial charge in [0.25, 0.3) is 0 Å². The molecule has 0 fully saturated rings. The summed E-state index contributed by atoms with van der Waals surface area (Å²) >= 11 is 3.34. The van der Waals surface area contributed by atoms with Gasteiger partial charge in [-0.2, -0.15) is 0 Å². The number of benzene rings is 1. The summed E-state index contributed by atoms with van der Waals surface area (Å²) in [6, 6.07) is 4.25. The predicted octanol–water partition coefficient (Wildman–Crippen LogP) is 1.50. The van der Waals surface area contributed by atoms with Crippen LogP contribution in [0.1, 0.15) is 12.0 Å². The van der Waals surface area contributed by atoms with Crippen molar-refractivity contribution in [3.63, 3.8) is 0 Å². The maximum absolute atomic E-state index is 11.5. The molecule has 17 heavy (non-hydrogen) atoms. The van der Waals surface area contributed by atoms with Crippen molar-refractivity contribution < 1.29 is 14.7 Å². The van der Waals surface area contributed by atoms with Crippen LogP contribution in [0.5, 0.6) is 0 Å². The summed E-state index contributed by atoms with van der Waals surface area (Å²) < 4.78 is 0.863. The van der Waals surface area contributed by atoms with E-state index in [1.165, 1.54) is 0 Å². The van der Waals surface area contributed by atoms with E-state index in [0.29, 0.717) is 5.69 Å². The van der Waals surface area contributed by atoms with Crippen LogP contribution < -0.4 is 11.1 Å². The van der Waals surface area contributed by atoms with Crippen LogP contribution in [0.15, 0.2) is 22.7 Å². The summed E-state index contributed by atoms with van der Waals surface area (Å²) in [6.07, 6.45) is -0.390.